The summed E-state index contributed by atoms with van der Waals surface area (Å²) in [6.45, 7) is 0. The van der Waals surface area contributed by atoms with Crippen LogP contribution in [-0.2, 0) is 13.5 Å². The van der Waals surface area contributed by atoms with Crippen molar-refractivity contribution >= 4 is 0 Å². The van der Waals surface area contributed by atoms with Crippen molar-refractivity contribution < 1.29 is 0 Å². The van der Waals surface area contributed by atoms with Gasteiger partial charge in [0.2, 0.25) is 0 Å². The molecule has 5 rings (SSSR count). The lowest BCUT2D eigenvalue weighted by Crippen LogP contribution is -2.58. The van der Waals surface area contributed by atoms with E-state index < -0.39 is 0 Å². The van der Waals surface area contributed by atoms with Gasteiger partial charge in [-0.15, -0.1) is 5.10 Å². The molecule has 20 heavy (non-hydrogen) atoms. The molecule has 1 aromatic heterocycles. The molecule has 0 spiro atoms. The SMILES string of the molecule is Cn1cc(CC(NN)C23CC4CC(CC(C4)C2)C3)nn1. The Kier molecular flexibility index (Phi) is 2.89. The highest BCUT2D eigenvalue weighted by Gasteiger charge is 2.53. The molecule has 0 saturated heterocycles. The van der Waals surface area contributed by atoms with Crippen LogP contribution < -0.4 is 11.3 Å². The first-order valence-corrected chi connectivity index (χ1v) is 7.98. The predicted octanol–water partition coefficient (Wildman–Crippen LogP) is 1.41. The molecular formula is C15H25N5. The standard InChI is InChI=1S/C15H25N5/c1-20-9-13(18-19-20)5-14(17-16)15-6-10-2-11(7-15)4-12(3-10)8-15/h9-12,14,17H,2-8,16H2,1H3. The maximum Gasteiger partial charge on any atom is 0.0843 e. The van der Waals surface area contributed by atoms with E-state index in [0.717, 1.165) is 29.9 Å². The number of aromatic nitrogens is 3. The Balaban J connectivity index is 1.57. The Hall–Kier alpha value is -0.940. The summed E-state index contributed by atoms with van der Waals surface area (Å²) in [5.74, 6) is 8.82. The van der Waals surface area contributed by atoms with Gasteiger partial charge >= 0.3 is 0 Å². The maximum atomic E-state index is 5.94. The van der Waals surface area contributed by atoms with Gasteiger partial charge in [0.05, 0.1) is 5.69 Å². The molecule has 0 aliphatic heterocycles. The van der Waals surface area contributed by atoms with Gasteiger partial charge in [-0.3, -0.25) is 16.0 Å². The molecule has 3 N–H and O–H groups in total. The molecule has 1 unspecified atom stereocenters. The number of hydrogen-bond donors (Lipinski definition) is 2. The highest BCUT2D eigenvalue weighted by Crippen LogP contribution is 2.61. The van der Waals surface area contributed by atoms with Crippen LogP contribution in [0.3, 0.4) is 0 Å². The molecule has 0 amide bonds. The molecule has 4 saturated carbocycles. The minimum absolute atomic E-state index is 0.354. The van der Waals surface area contributed by atoms with Crippen LogP contribution in [0, 0.1) is 23.2 Å². The zero-order valence-corrected chi connectivity index (χ0v) is 12.3. The van der Waals surface area contributed by atoms with Crippen LogP contribution >= 0.6 is 0 Å². The first kappa shape index (κ1) is 12.8. The third kappa shape index (κ3) is 1.99. The van der Waals surface area contributed by atoms with Crippen molar-refractivity contribution in [2.24, 2.45) is 36.1 Å². The summed E-state index contributed by atoms with van der Waals surface area (Å²) in [4.78, 5) is 0. The van der Waals surface area contributed by atoms with E-state index in [1.54, 1.807) is 4.68 Å². The number of hydrogen-bond acceptors (Lipinski definition) is 4. The second-order valence-corrected chi connectivity index (χ2v) is 7.59. The molecule has 4 bridgehead atoms. The minimum Gasteiger partial charge on any atom is -0.271 e. The number of nitrogens with zero attached hydrogens (tertiary/aromatic N) is 3. The Labute approximate surface area is 120 Å². The van der Waals surface area contributed by atoms with E-state index >= 15 is 0 Å². The smallest absolute Gasteiger partial charge is 0.0843 e. The van der Waals surface area contributed by atoms with E-state index in [1.165, 1.54) is 38.5 Å². The Morgan fingerprint density at radius 3 is 2.35 bits per heavy atom. The fourth-order valence-electron chi connectivity index (χ4n) is 5.75. The van der Waals surface area contributed by atoms with Crippen LogP contribution in [0.1, 0.15) is 44.2 Å². The first-order valence-electron chi connectivity index (χ1n) is 7.98. The molecule has 4 fully saturated rings. The third-order valence-corrected chi connectivity index (χ3v) is 6.09. The van der Waals surface area contributed by atoms with Crippen molar-refractivity contribution in [3.05, 3.63) is 11.9 Å². The molecule has 1 aromatic rings. The second kappa shape index (κ2) is 4.53. The van der Waals surface area contributed by atoms with E-state index in [1.807, 2.05) is 13.2 Å². The van der Waals surface area contributed by atoms with Crippen molar-refractivity contribution in [3.63, 3.8) is 0 Å². The van der Waals surface area contributed by atoms with Gasteiger partial charge in [0.1, 0.15) is 0 Å². The molecule has 4 aliphatic carbocycles. The zero-order chi connectivity index (χ0) is 13.7. The molecule has 0 radical (unpaired) electrons. The average molecular weight is 275 g/mol. The third-order valence-electron chi connectivity index (χ3n) is 6.09. The summed E-state index contributed by atoms with van der Waals surface area (Å²) < 4.78 is 1.78. The lowest BCUT2D eigenvalue weighted by atomic mass is 9.47. The Morgan fingerprint density at radius 2 is 1.90 bits per heavy atom. The van der Waals surface area contributed by atoms with Crippen LogP contribution in [0.25, 0.3) is 0 Å². The predicted molar refractivity (Wildman–Crippen MR) is 76.4 cm³/mol. The van der Waals surface area contributed by atoms with Gasteiger partial charge in [0, 0.05) is 25.7 Å². The van der Waals surface area contributed by atoms with Crippen LogP contribution in [0.5, 0.6) is 0 Å². The summed E-state index contributed by atoms with van der Waals surface area (Å²) in [5.41, 5.74) is 4.62. The van der Waals surface area contributed by atoms with Crippen LogP contribution in [0.4, 0.5) is 0 Å². The lowest BCUT2D eigenvalue weighted by Gasteiger charge is -2.59. The van der Waals surface area contributed by atoms with E-state index in [2.05, 4.69) is 15.7 Å². The number of nitrogens with two attached hydrogens (primary N) is 1. The summed E-state index contributed by atoms with van der Waals surface area (Å²) in [6, 6.07) is 0.354. The first-order chi connectivity index (χ1) is 9.67. The fourth-order valence-corrected chi connectivity index (χ4v) is 5.75. The zero-order valence-electron chi connectivity index (χ0n) is 12.3. The van der Waals surface area contributed by atoms with Crippen molar-refractivity contribution in [1.82, 2.24) is 20.4 Å². The van der Waals surface area contributed by atoms with Crippen molar-refractivity contribution in [2.45, 2.75) is 51.0 Å². The van der Waals surface area contributed by atoms with Gasteiger partial charge in [-0.05, 0) is 61.7 Å². The molecule has 1 atom stereocenters. The highest BCUT2D eigenvalue weighted by atomic mass is 15.4. The summed E-state index contributed by atoms with van der Waals surface area (Å²) in [5, 5.41) is 8.30. The van der Waals surface area contributed by atoms with Crippen molar-refractivity contribution in [1.29, 1.82) is 0 Å². The molecule has 110 valence electrons. The minimum atomic E-state index is 0.354. The van der Waals surface area contributed by atoms with Crippen LogP contribution in [-0.4, -0.2) is 21.0 Å². The summed E-state index contributed by atoms with van der Waals surface area (Å²) in [6.07, 6.45) is 11.5. The van der Waals surface area contributed by atoms with E-state index in [-0.39, 0.29) is 0 Å². The average Bonchev–Trinajstić information content (AvgIpc) is 2.80. The molecule has 4 aliphatic rings. The topological polar surface area (TPSA) is 68.8 Å². The number of nitrogens with one attached hydrogen (secondary N) is 1. The van der Waals surface area contributed by atoms with Crippen LogP contribution in [0.2, 0.25) is 0 Å². The highest BCUT2D eigenvalue weighted by molar-refractivity contribution is 5.09. The molecule has 5 nitrogen and oxygen atoms in total. The normalized spacial score (nSPS) is 40.2. The van der Waals surface area contributed by atoms with E-state index in [9.17, 15) is 0 Å². The van der Waals surface area contributed by atoms with Crippen LogP contribution in [0.15, 0.2) is 6.20 Å². The van der Waals surface area contributed by atoms with Gasteiger partial charge in [-0.2, -0.15) is 0 Å². The molecular weight excluding hydrogens is 250 g/mol. The maximum absolute atomic E-state index is 5.94. The quantitative estimate of drug-likeness (QED) is 0.644. The largest absolute Gasteiger partial charge is 0.271 e. The Morgan fingerprint density at radius 1 is 1.30 bits per heavy atom. The van der Waals surface area contributed by atoms with Gasteiger partial charge in [-0.25, -0.2) is 0 Å². The van der Waals surface area contributed by atoms with Crippen molar-refractivity contribution in [2.75, 3.05) is 0 Å². The van der Waals surface area contributed by atoms with Crippen molar-refractivity contribution in [3.8, 4) is 0 Å². The second-order valence-electron chi connectivity index (χ2n) is 7.59. The Bertz CT molecular complexity index is 459. The van der Waals surface area contributed by atoms with Gasteiger partial charge < -0.3 is 0 Å². The molecule has 5 heteroatoms. The molecule has 1 heterocycles. The molecule has 0 aromatic carbocycles. The lowest BCUT2D eigenvalue weighted by molar-refractivity contribution is -0.0738. The monoisotopic (exact) mass is 275 g/mol. The summed E-state index contributed by atoms with van der Waals surface area (Å²) >= 11 is 0. The van der Waals surface area contributed by atoms with E-state index in [4.69, 9.17) is 5.84 Å². The van der Waals surface area contributed by atoms with Gasteiger partial charge in [0.25, 0.3) is 0 Å². The fraction of sp³-hybridized carbons (Fsp3) is 0.867. The summed E-state index contributed by atoms with van der Waals surface area (Å²) in [7, 11) is 1.92. The van der Waals surface area contributed by atoms with Gasteiger partial charge in [0.15, 0.2) is 0 Å². The number of hydrazine groups is 1. The number of rotatable bonds is 4. The number of aryl methyl sites for hydroxylation is 1. The van der Waals surface area contributed by atoms with E-state index in [0.29, 0.717) is 11.5 Å². The van der Waals surface area contributed by atoms with Gasteiger partial charge in [-0.1, -0.05) is 5.21 Å².